The number of aliphatic hydroxyl groups is 5. The molecule has 0 aromatic heterocycles. The molecular weight excluding hydrogens is 678 g/mol. The Morgan fingerprint density at radius 2 is 1.58 bits per heavy atom. The van der Waals surface area contributed by atoms with Gasteiger partial charge in [-0.15, -0.1) is 0 Å². The van der Waals surface area contributed by atoms with Crippen LogP contribution >= 0.6 is 0 Å². The van der Waals surface area contributed by atoms with Crippen LogP contribution in [0.5, 0.6) is 0 Å². The molecule has 0 saturated carbocycles. The van der Waals surface area contributed by atoms with Crippen molar-refractivity contribution in [2.75, 3.05) is 21.2 Å². The molecule has 5 N–H and O–H groups in total. The molecule has 0 bridgehead atoms. The van der Waals surface area contributed by atoms with E-state index >= 15 is 0 Å². The van der Waals surface area contributed by atoms with Crippen LogP contribution < -0.4 is 0 Å². The maximum atomic E-state index is 14.1. The van der Waals surface area contributed by atoms with E-state index in [1.165, 1.54) is 27.9 Å². The van der Waals surface area contributed by atoms with Gasteiger partial charge in [0.25, 0.3) is 0 Å². The minimum Gasteiger partial charge on any atom is -0.512 e. The number of cyclic esters (lactones) is 1. The zero-order chi connectivity index (χ0) is 39.7. The van der Waals surface area contributed by atoms with Crippen molar-refractivity contribution >= 4 is 11.8 Å². The zero-order valence-corrected chi connectivity index (χ0v) is 33.4. The summed E-state index contributed by atoms with van der Waals surface area (Å²) in [5, 5.41) is 57.3. The molecule has 3 aliphatic rings. The predicted octanol–water partition coefficient (Wildman–Crippen LogP) is 2.87. The molecule has 52 heavy (non-hydrogen) atoms. The maximum Gasteiger partial charge on any atom is 0.311 e. The molecule has 0 aromatic rings. The summed E-state index contributed by atoms with van der Waals surface area (Å²) in [5.74, 6) is -5.32. The molecule has 0 spiro atoms. The summed E-state index contributed by atoms with van der Waals surface area (Å²) in [6.07, 6.45) is -6.94. The Balaban J connectivity index is 2.20. The van der Waals surface area contributed by atoms with Crippen molar-refractivity contribution in [3.05, 3.63) is 11.8 Å². The number of carbonyl (C=O) groups is 2. The van der Waals surface area contributed by atoms with Crippen molar-refractivity contribution in [1.82, 2.24) is 4.90 Å². The van der Waals surface area contributed by atoms with E-state index in [2.05, 4.69) is 0 Å². The predicted molar refractivity (Wildman–Crippen MR) is 191 cm³/mol. The van der Waals surface area contributed by atoms with Gasteiger partial charge in [0.05, 0.1) is 47.5 Å². The molecule has 0 aliphatic carbocycles. The highest BCUT2D eigenvalue weighted by Crippen LogP contribution is 2.40. The summed E-state index contributed by atoms with van der Waals surface area (Å²) in [6.45, 7) is 16.4. The van der Waals surface area contributed by atoms with Gasteiger partial charge in [-0.2, -0.15) is 0 Å². The van der Waals surface area contributed by atoms with Gasteiger partial charge in [-0.05, 0) is 87.9 Å². The highest BCUT2D eigenvalue weighted by molar-refractivity contribution is 5.85. The van der Waals surface area contributed by atoms with Gasteiger partial charge in [-0.3, -0.25) is 9.59 Å². The Morgan fingerprint density at radius 1 is 0.962 bits per heavy atom. The standard InChI is InChI=1S/C38H67NO13/c1-14-27-36(8,45)17-26(40)21(4)29(41)19(2)16-37(9,46)33(52-35-30(42)25(39(11)12)15-20(3)48-35)22(5)31(23(6)34(44)50-27)51-28-18-38(10,47-13)32(43)24(7)49-28/h17,19-25,27-28,30-33,35,40,42-43,45-46H,14-16,18H2,1-13H3/t19-,20?,21-,22+,23-,24+,25+,27-,28?,30-,31+,32+,33-,35?,36+,37+,38-/m1/s1. The van der Waals surface area contributed by atoms with Crippen molar-refractivity contribution in [1.29, 1.82) is 0 Å². The Bertz CT molecular complexity index is 1240. The van der Waals surface area contributed by atoms with E-state index in [0.29, 0.717) is 6.42 Å². The van der Waals surface area contributed by atoms with E-state index in [1.807, 2.05) is 25.9 Å². The lowest BCUT2D eigenvalue weighted by atomic mass is 9.76. The molecular formula is C38H67NO13. The molecule has 302 valence electrons. The largest absolute Gasteiger partial charge is 0.512 e. The van der Waals surface area contributed by atoms with Gasteiger partial charge >= 0.3 is 5.97 Å². The summed E-state index contributed by atoms with van der Waals surface area (Å²) in [4.78, 5) is 29.7. The Kier molecular flexibility index (Phi) is 14.9. The molecule has 3 unspecified atom stereocenters. The van der Waals surface area contributed by atoms with Crippen LogP contribution in [-0.4, -0.2) is 142 Å². The second kappa shape index (κ2) is 17.4. The van der Waals surface area contributed by atoms with Gasteiger partial charge in [0.15, 0.2) is 12.6 Å². The maximum absolute atomic E-state index is 14.1. The number of rotatable bonds is 7. The molecule has 3 aliphatic heterocycles. The SMILES string of the molecule is CC[C@H]1OC(=O)[C@H](C)[C@@H](OC2C[C@@](C)(OC)[C@@H](O)[C@H](C)O2)[C@H](C)[C@@H](OC2OC(C)C[C@H](N(C)C)[C@H]2O)[C@@](C)(O)C[C@@H](C)C(=O)[C@H](C)C(O)=C[C@]1(C)O. The van der Waals surface area contributed by atoms with E-state index in [0.717, 1.165) is 6.08 Å². The number of nitrogens with zero attached hydrogens (tertiary/aromatic N) is 1. The fraction of sp³-hybridized carbons (Fsp3) is 0.895. The fourth-order valence-corrected chi connectivity index (χ4v) is 8.20. The van der Waals surface area contributed by atoms with Crippen LogP contribution in [0.3, 0.4) is 0 Å². The monoisotopic (exact) mass is 745 g/mol. The number of ether oxygens (including phenoxy) is 6. The smallest absolute Gasteiger partial charge is 0.311 e. The number of ketones is 1. The summed E-state index contributed by atoms with van der Waals surface area (Å²) >= 11 is 0. The van der Waals surface area contributed by atoms with Gasteiger partial charge in [-0.1, -0.05) is 20.8 Å². The van der Waals surface area contributed by atoms with Crippen molar-refractivity contribution in [2.24, 2.45) is 23.7 Å². The molecule has 2 fully saturated rings. The van der Waals surface area contributed by atoms with Crippen LogP contribution in [0.1, 0.15) is 94.9 Å². The summed E-state index contributed by atoms with van der Waals surface area (Å²) in [6, 6.07) is -0.331. The van der Waals surface area contributed by atoms with E-state index < -0.39 is 107 Å². The molecule has 2 saturated heterocycles. The molecule has 3 heterocycles. The number of carbonyl (C=O) groups excluding carboxylic acids is 2. The van der Waals surface area contributed by atoms with Gasteiger partial charge in [-0.25, -0.2) is 0 Å². The molecule has 17 atom stereocenters. The topological polar surface area (TPSA) is 194 Å². The van der Waals surface area contributed by atoms with Crippen LogP contribution in [0.4, 0.5) is 0 Å². The first-order chi connectivity index (χ1) is 23.9. The van der Waals surface area contributed by atoms with E-state index in [1.54, 1.807) is 41.5 Å². The fourth-order valence-electron chi connectivity index (χ4n) is 8.20. The van der Waals surface area contributed by atoms with Crippen molar-refractivity contribution in [2.45, 2.75) is 173 Å². The van der Waals surface area contributed by atoms with Gasteiger partial charge in [0.2, 0.25) is 0 Å². The third-order valence-corrected chi connectivity index (χ3v) is 11.6. The first-order valence-corrected chi connectivity index (χ1v) is 18.7. The number of aliphatic hydroxyl groups excluding tert-OH is 3. The Labute approximate surface area is 309 Å². The average molecular weight is 746 g/mol. The molecule has 0 aromatic carbocycles. The number of hydrogen-bond acceptors (Lipinski definition) is 14. The molecule has 3 rings (SSSR count). The first kappa shape index (κ1) is 44.7. The zero-order valence-electron chi connectivity index (χ0n) is 33.4. The first-order valence-electron chi connectivity index (χ1n) is 18.7. The van der Waals surface area contributed by atoms with Crippen molar-refractivity contribution in [3.63, 3.8) is 0 Å². The van der Waals surface area contributed by atoms with Crippen LogP contribution in [0.25, 0.3) is 0 Å². The third kappa shape index (κ3) is 9.92. The molecule has 0 amide bonds. The quantitative estimate of drug-likeness (QED) is 0.239. The average Bonchev–Trinajstić information content (AvgIpc) is 3.05. The number of methoxy groups -OCH3 is 1. The lowest BCUT2D eigenvalue weighted by Gasteiger charge is -2.48. The van der Waals surface area contributed by atoms with Crippen LogP contribution in [-0.2, 0) is 38.0 Å². The Hall–Kier alpha value is -1.72. The molecule has 14 heteroatoms. The number of hydrogen-bond donors (Lipinski definition) is 5. The van der Waals surface area contributed by atoms with Gasteiger partial charge in [0, 0.05) is 31.4 Å². The summed E-state index contributed by atoms with van der Waals surface area (Å²) < 4.78 is 37.1. The summed E-state index contributed by atoms with van der Waals surface area (Å²) in [7, 11) is 5.17. The minimum atomic E-state index is -1.85. The minimum absolute atomic E-state index is 0.0915. The molecule has 0 radical (unpaired) electrons. The van der Waals surface area contributed by atoms with Crippen LogP contribution in [0.2, 0.25) is 0 Å². The molecule has 14 nitrogen and oxygen atoms in total. The summed E-state index contributed by atoms with van der Waals surface area (Å²) in [5.41, 5.74) is -4.70. The van der Waals surface area contributed by atoms with Crippen molar-refractivity contribution < 1.29 is 63.5 Å². The normalized spacial score (nSPS) is 47.7. The lowest BCUT2D eigenvalue weighted by Crippen LogP contribution is -2.60. The third-order valence-electron chi connectivity index (χ3n) is 11.6. The highest BCUT2D eigenvalue weighted by Gasteiger charge is 2.52. The van der Waals surface area contributed by atoms with Crippen LogP contribution in [0.15, 0.2) is 11.8 Å². The van der Waals surface area contributed by atoms with Gasteiger partial charge in [0.1, 0.15) is 35.5 Å². The van der Waals surface area contributed by atoms with Gasteiger partial charge < -0.3 is 58.9 Å². The van der Waals surface area contributed by atoms with Crippen molar-refractivity contribution in [3.8, 4) is 0 Å². The number of Topliss-reactive ketones (excluding diaryl/α,β-unsaturated/α-hetero) is 1. The van der Waals surface area contributed by atoms with E-state index in [4.69, 9.17) is 28.4 Å². The van der Waals surface area contributed by atoms with Crippen LogP contribution in [0, 0.1) is 23.7 Å². The van der Waals surface area contributed by atoms with E-state index in [9.17, 15) is 35.1 Å². The number of allylic oxidation sites excluding steroid dienone is 1. The Morgan fingerprint density at radius 3 is 2.13 bits per heavy atom. The second-order valence-electron chi connectivity index (χ2n) is 16.5. The second-order valence-corrected chi connectivity index (χ2v) is 16.5. The van der Waals surface area contributed by atoms with E-state index in [-0.39, 0.29) is 31.4 Å². The highest BCUT2D eigenvalue weighted by atomic mass is 16.7. The lowest BCUT2D eigenvalue weighted by molar-refractivity contribution is -0.317. The number of esters is 1. The number of likely N-dealkylation sites (N-methyl/N-ethyl adjacent to an activating group) is 1.